The van der Waals surface area contributed by atoms with E-state index in [0.29, 0.717) is 17.5 Å². The van der Waals surface area contributed by atoms with Crippen LogP contribution in [0.3, 0.4) is 0 Å². The fourth-order valence-corrected chi connectivity index (χ4v) is 9.74. The second kappa shape index (κ2) is 13.6. The van der Waals surface area contributed by atoms with Crippen LogP contribution in [-0.4, -0.2) is 24.1 Å². The minimum atomic E-state index is 0.624. The Kier molecular flexibility index (Phi) is 7.54. The molecule has 5 nitrogen and oxygen atoms in total. The fourth-order valence-electron chi connectivity index (χ4n) is 9.74. The third kappa shape index (κ3) is 5.25. The molecule has 0 fully saturated rings. The smallest absolute Gasteiger partial charge is 0.164 e. The standard InChI is InChI=1S/C57H35N5/c1-3-18-38(19-4-1)55-58-56(46-28-15-21-36-16-7-10-24-42(36)46)60-57(59-55)48-33-41(32-39-20-9-11-25-43(39)48)62-50-29-14-13-27-45(50)47-34-49-53(35-52(47)62)61(40-22-5-2-6-23-40)51-31-30-37-17-8-12-26-44(37)54(49)51/h1-35H. The summed E-state index contributed by atoms with van der Waals surface area (Å²) in [5, 5.41) is 11.8. The van der Waals surface area contributed by atoms with Crippen molar-refractivity contribution in [2.45, 2.75) is 0 Å². The number of hydrogen-bond donors (Lipinski definition) is 0. The number of hydrogen-bond acceptors (Lipinski definition) is 3. The number of para-hydroxylation sites is 2. The molecule has 0 spiro atoms. The zero-order valence-electron chi connectivity index (χ0n) is 33.4. The minimum absolute atomic E-state index is 0.624. The Balaban J connectivity index is 1.12. The van der Waals surface area contributed by atoms with Crippen molar-refractivity contribution >= 4 is 75.9 Å². The van der Waals surface area contributed by atoms with Gasteiger partial charge in [-0.1, -0.05) is 164 Å². The summed E-state index contributed by atoms with van der Waals surface area (Å²) in [6.07, 6.45) is 0. The number of rotatable bonds is 5. The number of aromatic nitrogens is 5. The zero-order chi connectivity index (χ0) is 40.7. The zero-order valence-corrected chi connectivity index (χ0v) is 33.4. The van der Waals surface area contributed by atoms with Crippen LogP contribution in [0.1, 0.15) is 0 Å². The number of nitrogens with zero attached hydrogens (tertiary/aromatic N) is 5. The summed E-state index contributed by atoms with van der Waals surface area (Å²) >= 11 is 0. The van der Waals surface area contributed by atoms with Crippen LogP contribution < -0.4 is 0 Å². The maximum absolute atomic E-state index is 5.35. The molecule has 3 aromatic heterocycles. The van der Waals surface area contributed by atoms with Gasteiger partial charge in [-0.15, -0.1) is 0 Å². The number of benzene rings is 10. The molecule has 5 heteroatoms. The highest BCUT2D eigenvalue weighted by atomic mass is 15.0. The lowest BCUT2D eigenvalue weighted by Crippen LogP contribution is -2.02. The Hall–Kier alpha value is -8.41. The molecule has 0 aliphatic rings. The van der Waals surface area contributed by atoms with Gasteiger partial charge in [-0.2, -0.15) is 0 Å². The van der Waals surface area contributed by atoms with Gasteiger partial charge in [0.15, 0.2) is 17.5 Å². The maximum atomic E-state index is 5.35. The van der Waals surface area contributed by atoms with Crippen LogP contribution in [0.4, 0.5) is 0 Å². The van der Waals surface area contributed by atoms with Crippen LogP contribution in [-0.2, 0) is 0 Å². The third-order valence-electron chi connectivity index (χ3n) is 12.5. The number of fused-ring (bicyclic) bond motifs is 10. The fraction of sp³-hybridized carbons (Fsp3) is 0. The lowest BCUT2D eigenvalue weighted by atomic mass is 10.0. The first-order chi connectivity index (χ1) is 30.7. The first-order valence-electron chi connectivity index (χ1n) is 21.0. The Morgan fingerprint density at radius 2 is 0.839 bits per heavy atom. The van der Waals surface area contributed by atoms with Crippen molar-refractivity contribution in [3.8, 4) is 45.5 Å². The molecule has 13 aromatic rings. The molecule has 0 radical (unpaired) electrons. The second-order valence-electron chi connectivity index (χ2n) is 16.0. The molecule has 0 bridgehead atoms. The van der Waals surface area contributed by atoms with Crippen LogP contribution in [0.25, 0.3) is 121 Å². The molecule has 0 aliphatic heterocycles. The average molecular weight is 790 g/mol. The van der Waals surface area contributed by atoms with Gasteiger partial charge in [-0.05, 0) is 80.8 Å². The summed E-state index contributed by atoms with van der Waals surface area (Å²) in [5.74, 6) is 1.90. The van der Waals surface area contributed by atoms with E-state index in [4.69, 9.17) is 15.0 Å². The van der Waals surface area contributed by atoms with E-state index >= 15 is 0 Å². The van der Waals surface area contributed by atoms with Crippen molar-refractivity contribution in [1.82, 2.24) is 24.1 Å². The predicted molar refractivity (Wildman–Crippen MR) is 257 cm³/mol. The summed E-state index contributed by atoms with van der Waals surface area (Å²) < 4.78 is 4.85. The van der Waals surface area contributed by atoms with Crippen molar-refractivity contribution in [1.29, 1.82) is 0 Å². The van der Waals surface area contributed by atoms with Gasteiger partial charge in [0.25, 0.3) is 0 Å². The van der Waals surface area contributed by atoms with Gasteiger partial charge in [-0.25, -0.2) is 15.0 Å². The Labute approximate surface area is 356 Å². The molecule has 0 saturated carbocycles. The van der Waals surface area contributed by atoms with Crippen molar-refractivity contribution < 1.29 is 0 Å². The van der Waals surface area contributed by atoms with Gasteiger partial charge < -0.3 is 9.13 Å². The van der Waals surface area contributed by atoms with Crippen LogP contribution in [0, 0.1) is 0 Å². The van der Waals surface area contributed by atoms with E-state index in [9.17, 15) is 0 Å². The Morgan fingerprint density at radius 1 is 0.274 bits per heavy atom. The molecule has 62 heavy (non-hydrogen) atoms. The molecule has 0 aliphatic carbocycles. The molecular weight excluding hydrogens is 755 g/mol. The van der Waals surface area contributed by atoms with Gasteiger partial charge in [0.05, 0.1) is 22.1 Å². The SMILES string of the molecule is c1ccc(-c2nc(-c3cccc4ccccc34)nc(-c3cc(-n4c5ccccc5c5cc6c7c8ccccc8ccc7n(-c7ccccc7)c6cc54)cc4ccccc34)n2)cc1. The van der Waals surface area contributed by atoms with Crippen molar-refractivity contribution in [2.75, 3.05) is 0 Å². The molecule has 0 saturated heterocycles. The van der Waals surface area contributed by atoms with Crippen molar-refractivity contribution in [2.24, 2.45) is 0 Å². The van der Waals surface area contributed by atoms with E-state index in [2.05, 4.69) is 203 Å². The monoisotopic (exact) mass is 789 g/mol. The van der Waals surface area contributed by atoms with E-state index in [1.807, 2.05) is 18.2 Å². The molecule has 0 amide bonds. The lowest BCUT2D eigenvalue weighted by Gasteiger charge is -2.15. The molecule has 3 heterocycles. The molecule has 13 rings (SSSR count). The normalized spacial score (nSPS) is 11.9. The molecule has 288 valence electrons. The molecule has 0 N–H and O–H groups in total. The van der Waals surface area contributed by atoms with E-state index in [-0.39, 0.29) is 0 Å². The average Bonchev–Trinajstić information content (AvgIpc) is 3.85. The third-order valence-corrected chi connectivity index (χ3v) is 12.5. The first kappa shape index (κ1) is 34.5. The van der Waals surface area contributed by atoms with Gasteiger partial charge in [0, 0.05) is 49.6 Å². The van der Waals surface area contributed by atoms with Crippen molar-refractivity contribution in [3.63, 3.8) is 0 Å². The second-order valence-corrected chi connectivity index (χ2v) is 16.0. The highest BCUT2D eigenvalue weighted by Crippen LogP contribution is 2.43. The summed E-state index contributed by atoms with van der Waals surface area (Å²) in [6, 6.07) is 75.7. The molecule has 0 atom stereocenters. The highest BCUT2D eigenvalue weighted by Gasteiger charge is 2.22. The molecule has 0 unspecified atom stereocenters. The molecule has 10 aromatic carbocycles. The van der Waals surface area contributed by atoms with Gasteiger partial charge in [0.1, 0.15) is 0 Å². The first-order valence-corrected chi connectivity index (χ1v) is 21.0. The summed E-state index contributed by atoms with van der Waals surface area (Å²) in [4.78, 5) is 15.8. The largest absolute Gasteiger partial charge is 0.309 e. The van der Waals surface area contributed by atoms with E-state index in [0.717, 1.165) is 66.2 Å². The van der Waals surface area contributed by atoms with Crippen LogP contribution in [0.15, 0.2) is 212 Å². The van der Waals surface area contributed by atoms with E-state index in [1.165, 1.54) is 37.8 Å². The van der Waals surface area contributed by atoms with Gasteiger partial charge in [0.2, 0.25) is 0 Å². The van der Waals surface area contributed by atoms with Gasteiger partial charge in [-0.3, -0.25) is 0 Å². The lowest BCUT2D eigenvalue weighted by molar-refractivity contribution is 1.08. The summed E-state index contributed by atoms with van der Waals surface area (Å²) in [5.41, 5.74) is 9.61. The highest BCUT2D eigenvalue weighted by molar-refractivity contribution is 6.25. The van der Waals surface area contributed by atoms with Crippen LogP contribution in [0.2, 0.25) is 0 Å². The van der Waals surface area contributed by atoms with Crippen LogP contribution >= 0.6 is 0 Å². The predicted octanol–water partition coefficient (Wildman–Crippen LogP) is 14.5. The quantitative estimate of drug-likeness (QED) is 0.174. The summed E-state index contributed by atoms with van der Waals surface area (Å²) in [6.45, 7) is 0. The topological polar surface area (TPSA) is 48.5 Å². The van der Waals surface area contributed by atoms with Crippen LogP contribution in [0.5, 0.6) is 0 Å². The summed E-state index contributed by atoms with van der Waals surface area (Å²) in [7, 11) is 0. The Morgan fingerprint density at radius 3 is 1.63 bits per heavy atom. The van der Waals surface area contributed by atoms with E-state index < -0.39 is 0 Å². The van der Waals surface area contributed by atoms with Crippen molar-refractivity contribution in [3.05, 3.63) is 212 Å². The molecular formula is C57H35N5. The van der Waals surface area contributed by atoms with E-state index in [1.54, 1.807) is 0 Å². The Bertz CT molecular complexity index is 3910. The van der Waals surface area contributed by atoms with Gasteiger partial charge >= 0.3 is 0 Å². The maximum Gasteiger partial charge on any atom is 0.164 e. The minimum Gasteiger partial charge on any atom is -0.309 e.